The fourth-order valence-electron chi connectivity index (χ4n) is 3.69. The first kappa shape index (κ1) is 17.4. The van der Waals surface area contributed by atoms with E-state index in [0.29, 0.717) is 24.7 Å². The van der Waals surface area contributed by atoms with Crippen molar-refractivity contribution in [1.29, 1.82) is 5.26 Å². The van der Waals surface area contributed by atoms with Crippen LogP contribution in [-0.2, 0) is 10.0 Å². The highest BCUT2D eigenvalue weighted by atomic mass is 32.2. The molecule has 0 N–H and O–H groups in total. The van der Waals surface area contributed by atoms with Gasteiger partial charge in [0.25, 0.3) is 0 Å². The molecular weight excluding hydrogens is 322 g/mol. The average molecular weight is 347 g/mol. The van der Waals surface area contributed by atoms with Crippen LogP contribution in [0.25, 0.3) is 0 Å². The minimum absolute atomic E-state index is 0.284. The summed E-state index contributed by atoms with van der Waals surface area (Å²) in [4.78, 5) is 2.83. The number of likely N-dealkylation sites (tertiary alicyclic amines) is 1. The van der Waals surface area contributed by atoms with Crippen LogP contribution in [0.2, 0.25) is 0 Å². The summed E-state index contributed by atoms with van der Waals surface area (Å²) in [5.41, 5.74) is 0.479. The van der Waals surface area contributed by atoms with E-state index in [1.165, 1.54) is 25.0 Å². The van der Waals surface area contributed by atoms with Crippen molar-refractivity contribution in [3.63, 3.8) is 0 Å². The number of rotatable bonds is 3. The topological polar surface area (TPSA) is 64.4 Å². The lowest BCUT2D eigenvalue weighted by Crippen LogP contribution is -2.48. The molecule has 2 fully saturated rings. The molecule has 0 radical (unpaired) electrons. The van der Waals surface area contributed by atoms with Crippen molar-refractivity contribution >= 4 is 10.0 Å². The predicted molar refractivity (Wildman–Crippen MR) is 92.9 cm³/mol. The molecular formula is C18H25N3O2S. The third-order valence-corrected chi connectivity index (χ3v) is 7.29. The van der Waals surface area contributed by atoms with Crippen molar-refractivity contribution < 1.29 is 8.42 Å². The van der Waals surface area contributed by atoms with E-state index < -0.39 is 10.0 Å². The average Bonchev–Trinajstić information content (AvgIpc) is 2.62. The molecule has 2 aliphatic heterocycles. The van der Waals surface area contributed by atoms with Gasteiger partial charge in [-0.2, -0.15) is 9.57 Å². The molecule has 0 saturated carbocycles. The SMILES string of the molecule is CC1CCN(C2CCN(S(=O)(=O)c3ccc(C#N)cc3)CC2)CC1. The second-order valence-electron chi connectivity index (χ2n) is 6.99. The normalized spacial score (nSPS) is 22.3. The quantitative estimate of drug-likeness (QED) is 0.842. The zero-order valence-electron chi connectivity index (χ0n) is 14.2. The van der Waals surface area contributed by atoms with Gasteiger partial charge >= 0.3 is 0 Å². The van der Waals surface area contributed by atoms with Crippen LogP contribution in [-0.4, -0.2) is 49.8 Å². The van der Waals surface area contributed by atoms with Crippen molar-refractivity contribution in [2.24, 2.45) is 5.92 Å². The Hall–Kier alpha value is -1.42. The predicted octanol–water partition coefficient (Wildman–Crippen LogP) is 2.44. The number of hydrogen-bond acceptors (Lipinski definition) is 4. The molecule has 0 spiro atoms. The smallest absolute Gasteiger partial charge is 0.243 e. The molecule has 2 saturated heterocycles. The van der Waals surface area contributed by atoms with Gasteiger partial charge in [-0.15, -0.1) is 0 Å². The lowest BCUT2D eigenvalue weighted by molar-refractivity contribution is 0.101. The second kappa shape index (κ2) is 7.22. The Morgan fingerprint density at radius 3 is 2.12 bits per heavy atom. The van der Waals surface area contributed by atoms with Gasteiger partial charge < -0.3 is 4.90 Å². The van der Waals surface area contributed by atoms with Gasteiger partial charge in [-0.1, -0.05) is 6.92 Å². The summed E-state index contributed by atoms with van der Waals surface area (Å²) >= 11 is 0. The lowest BCUT2D eigenvalue weighted by atomic mass is 9.95. The number of nitrogens with zero attached hydrogens (tertiary/aromatic N) is 3. The molecule has 2 heterocycles. The van der Waals surface area contributed by atoms with Gasteiger partial charge in [-0.3, -0.25) is 0 Å². The van der Waals surface area contributed by atoms with Gasteiger partial charge in [-0.25, -0.2) is 8.42 Å². The van der Waals surface area contributed by atoms with E-state index in [2.05, 4.69) is 11.8 Å². The first-order chi connectivity index (χ1) is 11.5. The molecule has 0 amide bonds. The molecule has 1 aromatic carbocycles. The van der Waals surface area contributed by atoms with Crippen LogP contribution in [0.3, 0.4) is 0 Å². The maximum absolute atomic E-state index is 12.7. The van der Waals surface area contributed by atoms with Gasteiger partial charge in [0.1, 0.15) is 0 Å². The summed E-state index contributed by atoms with van der Waals surface area (Å²) in [6.07, 6.45) is 4.32. The van der Waals surface area contributed by atoms with E-state index in [0.717, 1.165) is 31.8 Å². The summed E-state index contributed by atoms with van der Waals surface area (Å²) in [5.74, 6) is 0.818. The van der Waals surface area contributed by atoms with Gasteiger partial charge in [0.05, 0.1) is 16.5 Å². The highest BCUT2D eigenvalue weighted by Crippen LogP contribution is 2.26. The molecule has 0 atom stereocenters. The third-order valence-electron chi connectivity index (χ3n) is 5.38. The van der Waals surface area contributed by atoms with Gasteiger partial charge in [-0.05, 0) is 69.0 Å². The molecule has 3 rings (SSSR count). The molecule has 130 valence electrons. The first-order valence-corrected chi connectivity index (χ1v) is 10.2. The summed E-state index contributed by atoms with van der Waals surface area (Å²) in [6, 6.07) is 8.73. The molecule has 0 unspecified atom stereocenters. The highest BCUT2D eigenvalue weighted by molar-refractivity contribution is 7.89. The Kier molecular flexibility index (Phi) is 5.24. The van der Waals surface area contributed by atoms with Gasteiger partial charge in [0, 0.05) is 19.1 Å². The molecule has 5 nitrogen and oxygen atoms in total. The van der Waals surface area contributed by atoms with E-state index in [1.807, 2.05) is 6.07 Å². The fraction of sp³-hybridized carbons (Fsp3) is 0.611. The summed E-state index contributed by atoms with van der Waals surface area (Å²) in [6.45, 7) is 5.77. The van der Waals surface area contributed by atoms with Crippen LogP contribution >= 0.6 is 0 Å². The molecule has 24 heavy (non-hydrogen) atoms. The van der Waals surface area contributed by atoms with Crippen molar-refractivity contribution in [3.05, 3.63) is 29.8 Å². The Morgan fingerprint density at radius 1 is 1.00 bits per heavy atom. The molecule has 1 aromatic rings. The minimum atomic E-state index is -3.44. The summed E-state index contributed by atoms with van der Waals surface area (Å²) in [7, 11) is -3.44. The van der Waals surface area contributed by atoms with E-state index in [1.54, 1.807) is 16.4 Å². The van der Waals surface area contributed by atoms with E-state index in [-0.39, 0.29) is 4.90 Å². The van der Waals surface area contributed by atoms with Crippen LogP contribution in [0.4, 0.5) is 0 Å². The summed E-state index contributed by atoms with van der Waals surface area (Å²) in [5, 5.41) is 8.83. The molecule has 2 aliphatic rings. The van der Waals surface area contributed by atoms with Gasteiger partial charge in [0.2, 0.25) is 10.0 Å². The fourth-order valence-corrected chi connectivity index (χ4v) is 5.16. The molecule has 0 aromatic heterocycles. The Labute approximate surface area is 144 Å². The zero-order valence-corrected chi connectivity index (χ0v) is 15.0. The Balaban J connectivity index is 1.62. The molecule has 6 heteroatoms. The van der Waals surface area contributed by atoms with Crippen LogP contribution < -0.4 is 0 Å². The van der Waals surface area contributed by atoms with Crippen LogP contribution in [0.5, 0.6) is 0 Å². The number of piperidine rings is 2. The third kappa shape index (κ3) is 3.64. The van der Waals surface area contributed by atoms with Crippen molar-refractivity contribution in [1.82, 2.24) is 9.21 Å². The molecule has 0 aliphatic carbocycles. The van der Waals surface area contributed by atoms with Crippen LogP contribution in [0, 0.1) is 17.2 Å². The minimum Gasteiger partial charge on any atom is -0.300 e. The Morgan fingerprint density at radius 2 is 1.58 bits per heavy atom. The van der Waals surface area contributed by atoms with E-state index in [4.69, 9.17) is 5.26 Å². The number of nitriles is 1. The van der Waals surface area contributed by atoms with Crippen LogP contribution in [0.15, 0.2) is 29.2 Å². The maximum atomic E-state index is 12.7. The molecule has 0 bridgehead atoms. The maximum Gasteiger partial charge on any atom is 0.243 e. The number of sulfonamides is 1. The number of hydrogen-bond donors (Lipinski definition) is 0. The van der Waals surface area contributed by atoms with Crippen molar-refractivity contribution in [2.45, 2.75) is 43.5 Å². The zero-order chi connectivity index (χ0) is 17.2. The standard InChI is InChI=1S/C18H25N3O2S/c1-15-6-10-20(11-7-15)17-8-12-21(13-9-17)24(22,23)18-4-2-16(14-19)3-5-18/h2-5,15,17H,6-13H2,1H3. The number of benzene rings is 1. The Bertz CT molecular complexity index is 693. The highest BCUT2D eigenvalue weighted by Gasteiger charge is 2.32. The monoisotopic (exact) mass is 347 g/mol. The van der Waals surface area contributed by atoms with Crippen LogP contribution in [0.1, 0.15) is 38.2 Å². The first-order valence-electron chi connectivity index (χ1n) is 8.75. The second-order valence-corrected chi connectivity index (χ2v) is 8.93. The van der Waals surface area contributed by atoms with Crippen molar-refractivity contribution in [3.8, 4) is 6.07 Å². The largest absolute Gasteiger partial charge is 0.300 e. The van der Waals surface area contributed by atoms with Gasteiger partial charge in [0.15, 0.2) is 0 Å². The lowest BCUT2D eigenvalue weighted by Gasteiger charge is -2.41. The van der Waals surface area contributed by atoms with Crippen molar-refractivity contribution in [2.75, 3.05) is 26.2 Å². The van der Waals surface area contributed by atoms with E-state index in [9.17, 15) is 8.42 Å². The summed E-state index contributed by atoms with van der Waals surface area (Å²) < 4.78 is 27.1. The van der Waals surface area contributed by atoms with E-state index >= 15 is 0 Å².